The van der Waals surface area contributed by atoms with Gasteiger partial charge in [0.2, 0.25) is 0 Å². The highest BCUT2D eigenvalue weighted by Crippen LogP contribution is 2.61. The number of non-ortho nitro benzene ring substituents is 1. The molecule has 1 N–H and O–H groups in total. The van der Waals surface area contributed by atoms with Crippen molar-refractivity contribution in [3.8, 4) is 5.69 Å². The van der Waals surface area contributed by atoms with Crippen LogP contribution in [0.3, 0.4) is 0 Å². The lowest BCUT2D eigenvalue weighted by Crippen LogP contribution is -2.23. The molecule has 7 nitrogen and oxygen atoms in total. The number of hydrogen-bond acceptors (Lipinski definition) is 5. The van der Waals surface area contributed by atoms with Crippen LogP contribution in [0.25, 0.3) is 5.69 Å². The molecule has 2 aromatic carbocycles. The van der Waals surface area contributed by atoms with Gasteiger partial charge in [-0.05, 0) is 47.4 Å². The lowest BCUT2D eigenvalue weighted by Gasteiger charge is -2.12. The van der Waals surface area contributed by atoms with Crippen molar-refractivity contribution < 1.29 is 4.92 Å². The van der Waals surface area contributed by atoms with Crippen LogP contribution in [0.15, 0.2) is 59.5 Å². The quantitative estimate of drug-likeness (QED) is 0.512. The molecule has 146 valence electrons. The number of halogens is 1. The van der Waals surface area contributed by atoms with Crippen LogP contribution in [0.5, 0.6) is 0 Å². The monoisotopic (exact) mass is 408 g/mol. The molecule has 0 spiro atoms. The molecule has 5 rings (SSSR count). The van der Waals surface area contributed by atoms with E-state index in [4.69, 9.17) is 11.6 Å². The molecule has 1 aromatic heterocycles. The molecular weight excluding hydrogens is 392 g/mol. The second kappa shape index (κ2) is 6.70. The van der Waals surface area contributed by atoms with Crippen molar-refractivity contribution in [2.75, 3.05) is 11.9 Å². The van der Waals surface area contributed by atoms with Crippen LogP contribution in [-0.2, 0) is 6.42 Å². The van der Waals surface area contributed by atoms with Crippen LogP contribution < -0.4 is 10.9 Å². The number of fused-ring (bicyclic) bond motifs is 3. The maximum Gasteiger partial charge on any atom is 0.292 e. The van der Waals surface area contributed by atoms with Crippen molar-refractivity contribution >= 4 is 23.0 Å². The maximum atomic E-state index is 12.6. The minimum Gasteiger partial charge on any atom is -0.382 e. The summed E-state index contributed by atoms with van der Waals surface area (Å²) in [7, 11) is 0. The molecule has 29 heavy (non-hydrogen) atoms. The average molecular weight is 409 g/mol. The summed E-state index contributed by atoms with van der Waals surface area (Å²) in [5.74, 6) is 1.79. The summed E-state index contributed by atoms with van der Waals surface area (Å²) in [6.07, 6.45) is 2.64. The van der Waals surface area contributed by atoms with E-state index in [1.165, 1.54) is 41.6 Å². The van der Waals surface area contributed by atoms with E-state index >= 15 is 0 Å². The van der Waals surface area contributed by atoms with E-state index in [-0.39, 0.29) is 10.7 Å². The lowest BCUT2D eigenvalue weighted by molar-refractivity contribution is -0.384. The Morgan fingerprint density at radius 1 is 1.21 bits per heavy atom. The highest BCUT2D eigenvalue weighted by atomic mass is 35.5. The summed E-state index contributed by atoms with van der Waals surface area (Å²) in [5.41, 5.74) is 3.30. The summed E-state index contributed by atoms with van der Waals surface area (Å²) >= 11 is 6.29. The van der Waals surface area contributed by atoms with Gasteiger partial charge in [0.05, 0.1) is 22.5 Å². The molecule has 3 unspecified atom stereocenters. The molecule has 3 aromatic rings. The van der Waals surface area contributed by atoms with Gasteiger partial charge in [-0.3, -0.25) is 14.9 Å². The Labute approximate surface area is 171 Å². The van der Waals surface area contributed by atoms with E-state index in [0.29, 0.717) is 29.1 Å². The van der Waals surface area contributed by atoms with Gasteiger partial charge in [-0.15, -0.1) is 0 Å². The number of nitrogens with zero attached hydrogens (tertiary/aromatic N) is 3. The zero-order chi connectivity index (χ0) is 20.1. The number of nitro benzene ring substituents is 1. The summed E-state index contributed by atoms with van der Waals surface area (Å²) in [4.78, 5) is 22.9. The Balaban J connectivity index is 1.31. The molecular formula is C21H17ClN4O3. The molecule has 8 heteroatoms. The topological polar surface area (TPSA) is 90.1 Å². The molecule has 0 saturated heterocycles. The SMILES string of the molecule is O=c1c(Cl)c(NCC2C3Cc4ccccc4C23)cnn1-c1ccc([N+](=O)[O-])cc1. The molecule has 2 aliphatic carbocycles. The van der Waals surface area contributed by atoms with Crippen molar-refractivity contribution in [3.63, 3.8) is 0 Å². The van der Waals surface area contributed by atoms with E-state index in [0.717, 1.165) is 17.6 Å². The molecule has 3 atom stereocenters. The van der Waals surface area contributed by atoms with Gasteiger partial charge in [-0.25, -0.2) is 0 Å². The van der Waals surface area contributed by atoms with Gasteiger partial charge in [0, 0.05) is 18.7 Å². The van der Waals surface area contributed by atoms with Crippen LogP contribution in [0.4, 0.5) is 11.4 Å². The van der Waals surface area contributed by atoms with Crippen molar-refractivity contribution in [2.24, 2.45) is 11.8 Å². The largest absolute Gasteiger partial charge is 0.382 e. The van der Waals surface area contributed by atoms with Crippen LogP contribution >= 0.6 is 11.6 Å². The molecule has 0 radical (unpaired) electrons. The number of nitro groups is 1. The maximum absolute atomic E-state index is 12.6. The predicted octanol–water partition coefficient (Wildman–Crippen LogP) is 3.79. The van der Waals surface area contributed by atoms with Crippen LogP contribution in [0.2, 0.25) is 5.02 Å². The Kier molecular flexibility index (Phi) is 4.13. The number of aromatic nitrogens is 2. The second-order valence-electron chi connectivity index (χ2n) is 7.50. The molecule has 0 amide bonds. The molecule has 0 aliphatic heterocycles. The zero-order valence-corrected chi connectivity index (χ0v) is 16.0. The van der Waals surface area contributed by atoms with Crippen LogP contribution in [0.1, 0.15) is 17.0 Å². The van der Waals surface area contributed by atoms with Gasteiger partial charge in [-0.1, -0.05) is 35.9 Å². The number of hydrogen-bond donors (Lipinski definition) is 1. The third kappa shape index (κ3) is 2.98. The molecule has 1 fully saturated rings. The lowest BCUT2D eigenvalue weighted by atomic mass is 10.0. The number of nitrogens with one attached hydrogen (secondary N) is 1. The first-order valence-corrected chi connectivity index (χ1v) is 9.76. The van der Waals surface area contributed by atoms with Crippen molar-refractivity contribution in [1.82, 2.24) is 9.78 Å². The third-order valence-corrected chi connectivity index (χ3v) is 6.32. The number of anilines is 1. The van der Waals surface area contributed by atoms with Crippen molar-refractivity contribution in [3.05, 3.63) is 91.3 Å². The summed E-state index contributed by atoms with van der Waals surface area (Å²) in [5, 5.41) is 18.3. The Bertz CT molecular complexity index is 1180. The fraction of sp³-hybridized carbons (Fsp3) is 0.238. The summed E-state index contributed by atoms with van der Waals surface area (Å²) < 4.78 is 1.14. The van der Waals surface area contributed by atoms with E-state index in [1.807, 2.05) is 0 Å². The van der Waals surface area contributed by atoms with Gasteiger partial charge in [-0.2, -0.15) is 9.78 Å². The highest BCUT2D eigenvalue weighted by Gasteiger charge is 2.54. The normalized spacial score (nSPS) is 21.3. The highest BCUT2D eigenvalue weighted by molar-refractivity contribution is 6.32. The number of benzene rings is 2. The Morgan fingerprint density at radius 2 is 1.97 bits per heavy atom. The second-order valence-corrected chi connectivity index (χ2v) is 7.88. The van der Waals surface area contributed by atoms with E-state index in [1.54, 1.807) is 0 Å². The van der Waals surface area contributed by atoms with Gasteiger partial charge in [0.25, 0.3) is 11.2 Å². The summed E-state index contributed by atoms with van der Waals surface area (Å²) in [6, 6.07) is 14.2. The third-order valence-electron chi connectivity index (χ3n) is 5.95. The van der Waals surface area contributed by atoms with E-state index in [2.05, 4.69) is 34.7 Å². The van der Waals surface area contributed by atoms with Gasteiger partial charge in [0.15, 0.2) is 0 Å². The van der Waals surface area contributed by atoms with Crippen LogP contribution in [-0.4, -0.2) is 21.2 Å². The van der Waals surface area contributed by atoms with Crippen molar-refractivity contribution in [1.29, 1.82) is 0 Å². The standard InChI is InChI=1S/C21H17ClN4O3/c22-20-18(23-10-17-16-9-12-3-1-2-4-15(12)19(16)17)11-24-25(21(20)27)13-5-7-14(8-6-13)26(28)29/h1-8,11,16-17,19,23H,9-10H2. The Morgan fingerprint density at radius 3 is 2.72 bits per heavy atom. The van der Waals surface area contributed by atoms with Gasteiger partial charge >= 0.3 is 0 Å². The van der Waals surface area contributed by atoms with Gasteiger partial charge in [0.1, 0.15) is 5.02 Å². The molecule has 0 bridgehead atoms. The Hall–Kier alpha value is -3.19. The first kappa shape index (κ1) is 17.9. The van der Waals surface area contributed by atoms with Gasteiger partial charge < -0.3 is 5.32 Å². The minimum absolute atomic E-state index is 0.0530. The number of rotatable bonds is 5. The smallest absolute Gasteiger partial charge is 0.292 e. The fourth-order valence-corrected chi connectivity index (χ4v) is 4.64. The fourth-order valence-electron chi connectivity index (χ4n) is 4.45. The minimum atomic E-state index is -0.494. The zero-order valence-electron chi connectivity index (χ0n) is 15.3. The van der Waals surface area contributed by atoms with Crippen molar-refractivity contribution in [2.45, 2.75) is 12.3 Å². The first-order chi connectivity index (χ1) is 14.0. The molecule has 2 aliphatic rings. The average Bonchev–Trinajstić information content (AvgIpc) is 3.26. The molecule has 1 heterocycles. The van der Waals surface area contributed by atoms with E-state index in [9.17, 15) is 14.9 Å². The molecule has 1 saturated carbocycles. The van der Waals surface area contributed by atoms with Crippen LogP contribution in [0, 0.1) is 22.0 Å². The van der Waals surface area contributed by atoms with E-state index < -0.39 is 10.5 Å². The summed E-state index contributed by atoms with van der Waals surface area (Å²) in [6.45, 7) is 0.742. The predicted molar refractivity (Wildman–Crippen MR) is 110 cm³/mol. The first-order valence-electron chi connectivity index (χ1n) is 9.39.